The first-order valence-electron chi connectivity index (χ1n) is 3.57. The number of aromatic nitrogens is 1. The van der Waals surface area contributed by atoms with Crippen LogP contribution < -0.4 is 5.73 Å². The number of hydrogen-bond donors (Lipinski definition) is 1. The predicted octanol–water partition coefficient (Wildman–Crippen LogP) is 1.43. The Labute approximate surface area is 73.6 Å². The molecule has 0 aliphatic heterocycles. The van der Waals surface area contributed by atoms with Crippen LogP contribution in [0.15, 0.2) is 12.3 Å². The molecule has 5 heteroatoms. The number of halogens is 2. The maximum Gasteiger partial charge on any atom is 0.264 e. The molecule has 1 aromatic rings. The summed E-state index contributed by atoms with van der Waals surface area (Å²) < 4.78 is 24.7. The molecule has 1 aromatic heterocycles. The Morgan fingerprint density at radius 2 is 2.23 bits per heavy atom. The van der Waals surface area contributed by atoms with Gasteiger partial charge in [0.2, 0.25) is 0 Å². The SMILES string of the molecule is Cc1nccc(C(F)F)c1C(N)=O. The van der Waals surface area contributed by atoms with Crippen molar-refractivity contribution in [2.24, 2.45) is 5.73 Å². The number of carbonyl (C=O) groups excluding carboxylic acids is 1. The molecule has 1 heterocycles. The van der Waals surface area contributed by atoms with E-state index >= 15 is 0 Å². The van der Waals surface area contributed by atoms with Gasteiger partial charge in [-0.3, -0.25) is 9.78 Å². The molecule has 0 unspecified atom stereocenters. The molecule has 0 aliphatic rings. The van der Waals surface area contributed by atoms with Gasteiger partial charge in [-0.25, -0.2) is 8.78 Å². The topological polar surface area (TPSA) is 56.0 Å². The summed E-state index contributed by atoms with van der Waals surface area (Å²) in [5, 5.41) is 0. The Morgan fingerprint density at radius 1 is 1.62 bits per heavy atom. The quantitative estimate of drug-likeness (QED) is 0.759. The van der Waals surface area contributed by atoms with E-state index in [4.69, 9.17) is 5.73 Å². The average molecular weight is 186 g/mol. The zero-order chi connectivity index (χ0) is 10.0. The third-order valence-corrected chi connectivity index (χ3v) is 1.65. The lowest BCUT2D eigenvalue weighted by Crippen LogP contribution is -2.16. The van der Waals surface area contributed by atoms with Crippen molar-refractivity contribution in [3.8, 4) is 0 Å². The Kier molecular flexibility index (Phi) is 2.55. The van der Waals surface area contributed by atoms with E-state index in [-0.39, 0.29) is 16.8 Å². The molecule has 0 aromatic carbocycles. The third kappa shape index (κ3) is 1.80. The van der Waals surface area contributed by atoms with Gasteiger partial charge in [-0.1, -0.05) is 0 Å². The Morgan fingerprint density at radius 3 is 2.62 bits per heavy atom. The van der Waals surface area contributed by atoms with Crippen LogP contribution in [0.3, 0.4) is 0 Å². The number of hydrogen-bond acceptors (Lipinski definition) is 2. The van der Waals surface area contributed by atoms with E-state index in [1.54, 1.807) is 0 Å². The molecule has 2 N–H and O–H groups in total. The Balaban J connectivity index is 3.34. The second-order valence-electron chi connectivity index (χ2n) is 2.53. The summed E-state index contributed by atoms with van der Waals surface area (Å²) >= 11 is 0. The van der Waals surface area contributed by atoms with Gasteiger partial charge >= 0.3 is 0 Å². The van der Waals surface area contributed by atoms with Gasteiger partial charge in [0.1, 0.15) is 0 Å². The molecule has 0 atom stereocenters. The van der Waals surface area contributed by atoms with E-state index in [2.05, 4.69) is 4.98 Å². The molecule has 0 radical (unpaired) electrons. The number of aryl methyl sites for hydroxylation is 1. The molecule has 1 rings (SSSR count). The minimum Gasteiger partial charge on any atom is -0.366 e. The molecule has 1 amide bonds. The Hall–Kier alpha value is -1.52. The highest BCUT2D eigenvalue weighted by atomic mass is 19.3. The van der Waals surface area contributed by atoms with E-state index in [0.29, 0.717) is 0 Å². The van der Waals surface area contributed by atoms with Crippen LogP contribution in [0.4, 0.5) is 8.78 Å². The van der Waals surface area contributed by atoms with Crippen molar-refractivity contribution in [1.29, 1.82) is 0 Å². The monoisotopic (exact) mass is 186 g/mol. The molecular formula is C8H8F2N2O. The predicted molar refractivity (Wildman–Crippen MR) is 42.4 cm³/mol. The highest BCUT2D eigenvalue weighted by Crippen LogP contribution is 2.23. The van der Waals surface area contributed by atoms with Crippen molar-refractivity contribution >= 4 is 5.91 Å². The van der Waals surface area contributed by atoms with Crippen LogP contribution in [0.2, 0.25) is 0 Å². The Bertz CT molecular complexity index is 339. The van der Waals surface area contributed by atoms with Crippen molar-refractivity contribution in [1.82, 2.24) is 4.98 Å². The minimum absolute atomic E-state index is 0.183. The summed E-state index contributed by atoms with van der Waals surface area (Å²) in [6.45, 7) is 1.46. The maximum absolute atomic E-state index is 12.3. The summed E-state index contributed by atoms with van der Waals surface area (Å²) in [6, 6.07) is 1.10. The first-order chi connectivity index (χ1) is 6.04. The molecule has 0 bridgehead atoms. The maximum atomic E-state index is 12.3. The summed E-state index contributed by atoms with van der Waals surface area (Å²) in [4.78, 5) is 14.5. The molecule has 3 nitrogen and oxygen atoms in total. The zero-order valence-corrected chi connectivity index (χ0v) is 6.92. The largest absolute Gasteiger partial charge is 0.366 e. The fraction of sp³-hybridized carbons (Fsp3) is 0.250. The van der Waals surface area contributed by atoms with E-state index in [1.165, 1.54) is 13.1 Å². The summed E-state index contributed by atoms with van der Waals surface area (Å²) in [6.07, 6.45) is -1.48. The van der Waals surface area contributed by atoms with E-state index in [0.717, 1.165) is 6.07 Å². The van der Waals surface area contributed by atoms with E-state index in [1.807, 2.05) is 0 Å². The van der Waals surface area contributed by atoms with Crippen LogP contribution in [0.5, 0.6) is 0 Å². The second-order valence-corrected chi connectivity index (χ2v) is 2.53. The molecule has 0 saturated heterocycles. The van der Waals surface area contributed by atoms with Gasteiger partial charge in [-0.15, -0.1) is 0 Å². The van der Waals surface area contributed by atoms with Gasteiger partial charge in [-0.05, 0) is 13.0 Å². The molecule has 0 aliphatic carbocycles. The van der Waals surface area contributed by atoms with Gasteiger partial charge in [0.25, 0.3) is 12.3 Å². The summed E-state index contributed by atoms with van der Waals surface area (Å²) in [5.41, 5.74) is 4.62. The number of primary amides is 1. The number of alkyl halides is 2. The number of nitrogens with two attached hydrogens (primary N) is 1. The van der Waals surface area contributed by atoms with Crippen molar-refractivity contribution in [3.05, 3.63) is 29.1 Å². The van der Waals surface area contributed by atoms with Crippen LogP contribution in [0.1, 0.15) is 28.0 Å². The number of pyridine rings is 1. The average Bonchev–Trinajstić information content (AvgIpc) is 2.02. The fourth-order valence-corrected chi connectivity index (χ4v) is 1.09. The third-order valence-electron chi connectivity index (χ3n) is 1.65. The molecule has 0 spiro atoms. The lowest BCUT2D eigenvalue weighted by molar-refractivity contribution is 0.0984. The van der Waals surface area contributed by atoms with Crippen molar-refractivity contribution < 1.29 is 13.6 Å². The van der Waals surface area contributed by atoms with Gasteiger partial charge < -0.3 is 5.73 Å². The lowest BCUT2D eigenvalue weighted by atomic mass is 10.1. The van der Waals surface area contributed by atoms with Gasteiger partial charge in [0.05, 0.1) is 11.3 Å². The van der Waals surface area contributed by atoms with Crippen molar-refractivity contribution in [2.75, 3.05) is 0 Å². The number of amides is 1. The minimum atomic E-state index is -2.70. The smallest absolute Gasteiger partial charge is 0.264 e. The van der Waals surface area contributed by atoms with Crippen LogP contribution >= 0.6 is 0 Å². The van der Waals surface area contributed by atoms with Gasteiger partial charge in [0.15, 0.2) is 0 Å². The molecular weight excluding hydrogens is 178 g/mol. The van der Waals surface area contributed by atoms with Crippen LogP contribution in [-0.2, 0) is 0 Å². The second kappa shape index (κ2) is 3.47. The summed E-state index contributed by atoms with van der Waals surface area (Å²) in [7, 11) is 0. The highest BCUT2D eigenvalue weighted by Gasteiger charge is 2.18. The van der Waals surface area contributed by atoms with E-state index < -0.39 is 12.3 Å². The first-order valence-corrected chi connectivity index (χ1v) is 3.57. The first kappa shape index (κ1) is 9.57. The fourth-order valence-electron chi connectivity index (χ4n) is 1.09. The van der Waals surface area contributed by atoms with Crippen molar-refractivity contribution in [2.45, 2.75) is 13.3 Å². The number of rotatable bonds is 2. The van der Waals surface area contributed by atoms with Crippen LogP contribution in [0, 0.1) is 6.92 Å². The zero-order valence-electron chi connectivity index (χ0n) is 6.92. The van der Waals surface area contributed by atoms with Crippen molar-refractivity contribution in [3.63, 3.8) is 0 Å². The summed E-state index contributed by atoms with van der Waals surface area (Å²) in [5.74, 6) is -0.874. The highest BCUT2D eigenvalue weighted by molar-refractivity contribution is 5.95. The standard InChI is InChI=1S/C8H8F2N2O/c1-4-6(8(11)13)5(7(9)10)2-3-12-4/h2-3,7H,1H3,(H2,11,13). The van der Waals surface area contributed by atoms with Gasteiger partial charge in [0, 0.05) is 11.8 Å². The number of carbonyl (C=O) groups is 1. The normalized spacial score (nSPS) is 10.5. The molecule has 0 fully saturated rings. The number of nitrogens with zero attached hydrogens (tertiary/aromatic N) is 1. The molecule has 70 valence electrons. The molecule has 13 heavy (non-hydrogen) atoms. The van der Waals surface area contributed by atoms with Gasteiger partial charge in [-0.2, -0.15) is 0 Å². The van der Waals surface area contributed by atoms with E-state index in [9.17, 15) is 13.6 Å². The van der Waals surface area contributed by atoms with Crippen LogP contribution in [0.25, 0.3) is 0 Å². The van der Waals surface area contributed by atoms with Crippen LogP contribution in [-0.4, -0.2) is 10.9 Å². The molecule has 0 saturated carbocycles. The lowest BCUT2D eigenvalue weighted by Gasteiger charge is -2.06.